The number of amides is 1. The van der Waals surface area contributed by atoms with E-state index < -0.39 is 22.5 Å². The molecule has 1 N–H and O–H groups in total. The maximum Gasteiger partial charge on any atom is 0.264 e. The van der Waals surface area contributed by atoms with Crippen molar-refractivity contribution in [1.29, 1.82) is 0 Å². The lowest BCUT2D eigenvalue weighted by molar-refractivity contribution is -0.114. The number of carbonyl (C=O) groups is 1. The molecule has 0 saturated heterocycles. The number of thioether (sulfide) groups is 1. The molecule has 1 heterocycles. The van der Waals surface area contributed by atoms with Crippen molar-refractivity contribution in [3.8, 4) is 22.1 Å². The number of sulfonamides is 1. The van der Waals surface area contributed by atoms with E-state index in [1.165, 1.54) is 35.2 Å². The van der Waals surface area contributed by atoms with Gasteiger partial charge in [0.15, 0.2) is 0 Å². The Morgan fingerprint density at radius 2 is 1.63 bits per heavy atom. The number of nitrogens with one attached hydrogen (secondary N) is 1. The number of nitrogens with zero attached hydrogens (tertiary/aromatic N) is 3. The summed E-state index contributed by atoms with van der Waals surface area (Å²) < 4.78 is 39.0. The monoisotopic (exact) mass is 570 g/mol. The van der Waals surface area contributed by atoms with E-state index in [-0.39, 0.29) is 10.0 Å². The molecular weight excluding hydrogens is 545 g/mol. The predicted octanol–water partition coefficient (Wildman–Crippen LogP) is 5.17. The van der Waals surface area contributed by atoms with Gasteiger partial charge < -0.3 is 9.47 Å². The largest absolute Gasteiger partial charge is 0.497 e. The number of rotatable bonds is 11. The first-order valence-corrected chi connectivity index (χ1v) is 15.0. The Labute approximate surface area is 229 Å². The molecule has 4 rings (SSSR count). The van der Waals surface area contributed by atoms with E-state index in [9.17, 15) is 13.2 Å². The molecule has 0 unspecified atom stereocenters. The maximum atomic E-state index is 13.6. The van der Waals surface area contributed by atoms with E-state index in [0.29, 0.717) is 28.8 Å². The Morgan fingerprint density at radius 1 is 0.974 bits per heavy atom. The van der Waals surface area contributed by atoms with Gasteiger partial charge >= 0.3 is 0 Å². The van der Waals surface area contributed by atoms with Gasteiger partial charge in [0.25, 0.3) is 10.0 Å². The molecule has 0 saturated carbocycles. The summed E-state index contributed by atoms with van der Waals surface area (Å²) in [7, 11) is -2.47. The van der Waals surface area contributed by atoms with Crippen molar-refractivity contribution in [2.75, 3.05) is 36.1 Å². The minimum absolute atomic E-state index is 0.0784. The SMILES string of the molecule is CCOc1ccc(N(CC(=O)Nc2nnc(-c3ccc(OC)cc3)s2)S(=O)(=O)c2ccc(SC)cc2)cc1. The predicted molar refractivity (Wildman–Crippen MR) is 151 cm³/mol. The second-order valence-electron chi connectivity index (χ2n) is 7.80. The molecule has 198 valence electrons. The Bertz CT molecular complexity index is 1470. The highest BCUT2D eigenvalue weighted by Crippen LogP contribution is 2.29. The van der Waals surface area contributed by atoms with Crippen molar-refractivity contribution in [1.82, 2.24) is 10.2 Å². The molecule has 0 aliphatic rings. The van der Waals surface area contributed by atoms with Gasteiger partial charge in [0.05, 0.1) is 24.3 Å². The van der Waals surface area contributed by atoms with Crippen molar-refractivity contribution in [2.45, 2.75) is 16.7 Å². The summed E-state index contributed by atoms with van der Waals surface area (Å²) in [6.07, 6.45) is 1.91. The highest BCUT2D eigenvalue weighted by Gasteiger charge is 2.28. The third-order valence-electron chi connectivity index (χ3n) is 5.38. The van der Waals surface area contributed by atoms with Crippen molar-refractivity contribution in [3.05, 3.63) is 72.8 Å². The number of anilines is 2. The Morgan fingerprint density at radius 3 is 2.24 bits per heavy atom. The number of aromatic nitrogens is 2. The number of carbonyl (C=O) groups excluding carboxylic acids is 1. The smallest absolute Gasteiger partial charge is 0.264 e. The molecule has 0 spiro atoms. The Hall–Kier alpha value is -3.61. The highest BCUT2D eigenvalue weighted by atomic mass is 32.2. The fourth-order valence-corrected chi connectivity index (χ4v) is 6.07. The zero-order valence-electron chi connectivity index (χ0n) is 21.0. The summed E-state index contributed by atoms with van der Waals surface area (Å²) in [4.78, 5) is 14.1. The normalized spacial score (nSPS) is 11.1. The fourth-order valence-electron chi connectivity index (χ4n) is 3.48. The first kappa shape index (κ1) is 27.4. The van der Waals surface area contributed by atoms with Crippen LogP contribution in [-0.2, 0) is 14.8 Å². The summed E-state index contributed by atoms with van der Waals surface area (Å²) in [6, 6.07) is 20.4. The van der Waals surface area contributed by atoms with Crippen molar-refractivity contribution in [2.24, 2.45) is 0 Å². The molecule has 0 aliphatic heterocycles. The van der Waals surface area contributed by atoms with Gasteiger partial charge in [0.1, 0.15) is 23.1 Å². The second kappa shape index (κ2) is 12.3. The summed E-state index contributed by atoms with van der Waals surface area (Å²) >= 11 is 2.69. The molecule has 1 amide bonds. The van der Waals surface area contributed by atoms with Crippen LogP contribution in [0.2, 0.25) is 0 Å². The van der Waals surface area contributed by atoms with E-state index in [4.69, 9.17) is 9.47 Å². The average Bonchev–Trinajstić information content (AvgIpc) is 3.40. The minimum atomic E-state index is -4.06. The Balaban J connectivity index is 1.57. The van der Waals surface area contributed by atoms with Gasteiger partial charge in [-0.2, -0.15) is 0 Å². The van der Waals surface area contributed by atoms with Gasteiger partial charge in [-0.15, -0.1) is 22.0 Å². The summed E-state index contributed by atoms with van der Waals surface area (Å²) in [5.41, 5.74) is 1.14. The van der Waals surface area contributed by atoms with Crippen LogP contribution in [0.5, 0.6) is 11.5 Å². The number of hydrogen-bond acceptors (Lipinski definition) is 9. The molecule has 12 heteroatoms. The first-order valence-electron chi connectivity index (χ1n) is 11.5. The van der Waals surface area contributed by atoms with Crippen LogP contribution in [-0.4, -0.2) is 51.0 Å². The van der Waals surface area contributed by atoms with Crippen LogP contribution in [0.3, 0.4) is 0 Å². The van der Waals surface area contributed by atoms with E-state index in [0.717, 1.165) is 14.8 Å². The maximum absolute atomic E-state index is 13.6. The quantitative estimate of drug-likeness (QED) is 0.246. The zero-order valence-corrected chi connectivity index (χ0v) is 23.4. The molecular formula is C26H26N4O5S3. The van der Waals surface area contributed by atoms with Crippen LogP contribution in [0, 0.1) is 0 Å². The first-order chi connectivity index (χ1) is 18.3. The second-order valence-corrected chi connectivity index (χ2v) is 11.5. The van der Waals surface area contributed by atoms with Crippen LogP contribution in [0.4, 0.5) is 10.8 Å². The van der Waals surface area contributed by atoms with E-state index in [1.807, 2.05) is 25.3 Å². The molecule has 0 bridgehead atoms. The van der Waals surface area contributed by atoms with Gasteiger partial charge in [-0.25, -0.2) is 8.42 Å². The van der Waals surface area contributed by atoms with Crippen LogP contribution in [0.1, 0.15) is 6.92 Å². The van der Waals surface area contributed by atoms with Crippen LogP contribution in [0.25, 0.3) is 10.6 Å². The average molecular weight is 571 g/mol. The number of methoxy groups -OCH3 is 1. The van der Waals surface area contributed by atoms with Crippen LogP contribution < -0.4 is 19.1 Å². The van der Waals surface area contributed by atoms with Gasteiger partial charge in [-0.3, -0.25) is 14.4 Å². The van der Waals surface area contributed by atoms with E-state index in [1.54, 1.807) is 55.6 Å². The Kier molecular flexibility index (Phi) is 8.87. The summed E-state index contributed by atoms with van der Waals surface area (Å²) in [6.45, 7) is 1.88. The zero-order chi connectivity index (χ0) is 27.1. The van der Waals surface area contributed by atoms with E-state index >= 15 is 0 Å². The van der Waals surface area contributed by atoms with Gasteiger partial charge in [0.2, 0.25) is 11.0 Å². The van der Waals surface area contributed by atoms with E-state index in [2.05, 4.69) is 15.5 Å². The minimum Gasteiger partial charge on any atom is -0.497 e. The fraction of sp³-hybridized carbons (Fsp3) is 0.192. The lowest BCUT2D eigenvalue weighted by Gasteiger charge is -2.24. The standard InChI is InChI=1S/C26H26N4O5S3/c1-4-35-21-11-7-19(8-12-21)30(38(32,33)23-15-13-22(36-3)14-16-23)17-24(31)27-26-29-28-25(37-26)18-5-9-20(34-2)10-6-18/h5-16H,4,17H2,1-3H3,(H,27,29,31). The highest BCUT2D eigenvalue weighted by molar-refractivity contribution is 7.98. The molecule has 9 nitrogen and oxygen atoms in total. The number of ether oxygens (including phenoxy) is 2. The summed E-state index contributed by atoms with van der Waals surface area (Å²) in [5, 5.41) is 11.7. The molecule has 0 fully saturated rings. The lowest BCUT2D eigenvalue weighted by Crippen LogP contribution is -2.38. The van der Waals surface area contributed by atoms with Crippen molar-refractivity contribution < 1.29 is 22.7 Å². The molecule has 38 heavy (non-hydrogen) atoms. The van der Waals surface area contributed by atoms with Crippen LogP contribution in [0.15, 0.2) is 82.6 Å². The molecule has 1 aromatic heterocycles. The molecule has 3 aromatic carbocycles. The third-order valence-corrected chi connectivity index (χ3v) is 8.80. The summed E-state index contributed by atoms with van der Waals surface area (Å²) in [5.74, 6) is 0.758. The molecule has 0 aliphatic carbocycles. The van der Waals surface area contributed by atoms with Gasteiger partial charge in [-0.1, -0.05) is 11.3 Å². The van der Waals surface area contributed by atoms with Crippen molar-refractivity contribution in [3.63, 3.8) is 0 Å². The molecule has 0 atom stereocenters. The number of hydrogen-bond donors (Lipinski definition) is 1. The van der Waals surface area contributed by atoms with Crippen LogP contribution >= 0.6 is 23.1 Å². The third kappa shape index (κ3) is 6.44. The topological polar surface area (TPSA) is 111 Å². The van der Waals surface area contributed by atoms with Gasteiger partial charge in [-0.05, 0) is 86.0 Å². The molecule has 0 radical (unpaired) electrons. The lowest BCUT2D eigenvalue weighted by atomic mass is 10.2. The molecule has 4 aromatic rings. The van der Waals surface area contributed by atoms with Crippen molar-refractivity contribution >= 4 is 49.8 Å². The van der Waals surface area contributed by atoms with Gasteiger partial charge in [0, 0.05) is 10.5 Å². The number of benzene rings is 3.